The molecule has 0 bridgehead atoms. The highest BCUT2D eigenvalue weighted by atomic mass is 28.3. The van der Waals surface area contributed by atoms with Gasteiger partial charge in [0.15, 0.2) is 0 Å². The van der Waals surface area contributed by atoms with Crippen molar-refractivity contribution in [2.75, 3.05) is 0 Å². The Morgan fingerprint density at radius 2 is 1.67 bits per heavy atom. The first kappa shape index (κ1) is 11.7. The lowest BCUT2D eigenvalue weighted by Crippen LogP contribution is -2.35. The molecule has 70 valence electrons. The minimum absolute atomic E-state index is 0.196. The maximum Gasteiger partial charge on any atom is 0.120 e. The number of rotatable bonds is 2. The first-order chi connectivity index (χ1) is 5.19. The molecule has 1 unspecified atom stereocenters. The Kier molecular flexibility index (Phi) is 3.49. The van der Waals surface area contributed by atoms with E-state index < -0.39 is 8.07 Å². The highest BCUT2D eigenvalue weighted by molar-refractivity contribution is 6.78. The lowest BCUT2D eigenvalue weighted by molar-refractivity contribution is 0.411. The Labute approximate surface area is 76.9 Å². The summed E-state index contributed by atoms with van der Waals surface area (Å²) in [7, 11) is -1.26. The summed E-state index contributed by atoms with van der Waals surface area (Å²) in [6.07, 6.45) is 1.71. The molecule has 0 aliphatic heterocycles. The van der Waals surface area contributed by atoms with E-state index in [2.05, 4.69) is 40.4 Å². The van der Waals surface area contributed by atoms with Gasteiger partial charge in [-0.15, -0.1) is 0 Å². The standard InChI is InChI=1S/C10H20OSi/c1-10(2,3)9(7-8-11)12(4,5)6/h7,9H,1-6H3. The first-order valence-corrected chi connectivity index (χ1v) is 7.98. The van der Waals surface area contributed by atoms with E-state index >= 15 is 0 Å². The molecule has 0 aromatic rings. The lowest BCUT2D eigenvalue weighted by atomic mass is 9.91. The SMILES string of the molecule is CC(C)(C)C(C=C=O)[Si](C)(C)C. The molecule has 0 saturated carbocycles. The molecular formula is C10H20OSi. The van der Waals surface area contributed by atoms with Crippen LogP contribution in [0.1, 0.15) is 20.8 Å². The number of hydrogen-bond acceptors (Lipinski definition) is 1. The van der Waals surface area contributed by atoms with E-state index in [4.69, 9.17) is 0 Å². The van der Waals surface area contributed by atoms with Gasteiger partial charge in [0, 0.05) is 6.08 Å². The first-order valence-electron chi connectivity index (χ1n) is 4.40. The monoisotopic (exact) mass is 184 g/mol. The van der Waals surface area contributed by atoms with Gasteiger partial charge >= 0.3 is 0 Å². The van der Waals surface area contributed by atoms with E-state index in [1.54, 1.807) is 6.08 Å². The maximum absolute atomic E-state index is 10.4. The van der Waals surface area contributed by atoms with Gasteiger partial charge < -0.3 is 0 Å². The average Bonchev–Trinajstić information content (AvgIpc) is 1.77. The van der Waals surface area contributed by atoms with Gasteiger partial charge in [-0.2, -0.15) is 0 Å². The molecule has 0 rings (SSSR count). The third kappa shape index (κ3) is 3.38. The van der Waals surface area contributed by atoms with Crippen molar-refractivity contribution in [1.82, 2.24) is 0 Å². The summed E-state index contributed by atoms with van der Waals surface area (Å²) in [6, 6.07) is 0. The Morgan fingerprint density at radius 1 is 1.25 bits per heavy atom. The van der Waals surface area contributed by atoms with Crippen LogP contribution in [0.2, 0.25) is 25.2 Å². The van der Waals surface area contributed by atoms with Gasteiger partial charge in [0.2, 0.25) is 0 Å². The molecule has 0 amide bonds. The van der Waals surface area contributed by atoms with Crippen molar-refractivity contribution in [2.45, 2.75) is 46.0 Å². The van der Waals surface area contributed by atoms with Crippen LogP contribution < -0.4 is 0 Å². The van der Waals surface area contributed by atoms with Gasteiger partial charge in [0.25, 0.3) is 0 Å². The summed E-state index contributed by atoms with van der Waals surface area (Å²) in [4.78, 5) is 10.4. The van der Waals surface area contributed by atoms with Crippen LogP contribution in [0.4, 0.5) is 0 Å². The molecule has 0 aliphatic rings. The second-order valence-corrected chi connectivity index (χ2v) is 10.8. The number of carbonyl (C=O) groups excluding carboxylic acids is 1. The topological polar surface area (TPSA) is 17.1 Å². The molecule has 0 fully saturated rings. The smallest absolute Gasteiger partial charge is 0.120 e. The molecule has 0 aromatic carbocycles. The van der Waals surface area contributed by atoms with Crippen LogP contribution in [-0.4, -0.2) is 14.0 Å². The van der Waals surface area contributed by atoms with Crippen molar-refractivity contribution >= 4 is 14.0 Å². The van der Waals surface area contributed by atoms with E-state index in [1.807, 2.05) is 5.94 Å². The molecule has 0 N–H and O–H groups in total. The Bertz CT molecular complexity index is 175. The average molecular weight is 184 g/mol. The third-order valence-electron chi connectivity index (χ3n) is 2.10. The molecule has 1 atom stereocenters. The second kappa shape index (κ2) is 3.59. The number of hydrogen-bond donors (Lipinski definition) is 0. The Morgan fingerprint density at radius 3 is 1.75 bits per heavy atom. The predicted molar refractivity (Wildman–Crippen MR) is 56.8 cm³/mol. The largest absolute Gasteiger partial charge is 0.234 e. The molecule has 0 saturated heterocycles. The van der Waals surface area contributed by atoms with Gasteiger partial charge in [0.05, 0.1) is 8.07 Å². The molecule has 12 heavy (non-hydrogen) atoms. The third-order valence-corrected chi connectivity index (χ3v) is 5.00. The second-order valence-electron chi connectivity index (χ2n) is 5.49. The summed E-state index contributed by atoms with van der Waals surface area (Å²) < 4.78 is 0. The highest BCUT2D eigenvalue weighted by Gasteiger charge is 2.34. The summed E-state index contributed by atoms with van der Waals surface area (Å²) in [6.45, 7) is 13.4. The fourth-order valence-electron chi connectivity index (χ4n) is 1.87. The van der Waals surface area contributed by atoms with Crippen molar-refractivity contribution in [3.05, 3.63) is 6.08 Å². The van der Waals surface area contributed by atoms with E-state index in [0.29, 0.717) is 5.54 Å². The van der Waals surface area contributed by atoms with Crippen molar-refractivity contribution < 1.29 is 4.79 Å². The molecule has 0 spiro atoms. The normalized spacial score (nSPS) is 15.2. The van der Waals surface area contributed by atoms with Crippen molar-refractivity contribution in [3.63, 3.8) is 0 Å². The van der Waals surface area contributed by atoms with Gasteiger partial charge in [-0.05, 0) is 11.0 Å². The van der Waals surface area contributed by atoms with E-state index in [1.165, 1.54) is 0 Å². The predicted octanol–water partition coefficient (Wildman–Crippen LogP) is 3.13. The zero-order valence-electron chi connectivity index (χ0n) is 9.06. The summed E-state index contributed by atoms with van der Waals surface area (Å²) >= 11 is 0. The molecule has 2 heteroatoms. The van der Waals surface area contributed by atoms with Crippen LogP contribution in [0.25, 0.3) is 0 Å². The van der Waals surface area contributed by atoms with Gasteiger partial charge in [-0.3, -0.25) is 0 Å². The van der Waals surface area contributed by atoms with E-state index in [0.717, 1.165) is 0 Å². The fourth-order valence-corrected chi connectivity index (χ4v) is 5.03. The summed E-state index contributed by atoms with van der Waals surface area (Å²) in [5, 5.41) is 0. The molecule has 1 nitrogen and oxygen atoms in total. The van der Waals surface area contributed by atoms with Crippen LogP contribution >= 0.6 is 0 Å². The van der Waals surface area contributed by atoms with Crippen molar-refractivity contribution in [1.29, 1.82) is 0 Å². The molecule has 0 radical (unpaired) electrons. The van der Waals surface area contributed by atoms with Crippen LogP contribution in [0.5, 0.6) is 0 Å². The molecule has 0 aromatic heterocycles. The fraction of sp³-hybridized carbons (Fsp3) is 0.800. The zero-order chi connectivity index (χ0) is 9.99. The van der Waals surface area contributed by atoms with Gasteiger partial charge in [-0.25, -0.2) is 4.79 Å². The minimum Gasteiger partial charge on any atom is -0.234 e. The van der Waals surface area contributed by atoms with E-state index in [9.17, 15) is 4.79 Å². The van der Waals surface area contributed by atoms with E-state index in [-0.39, 0.29) is 5.41 Å². The van der Waals surface area contributed by atoms with Crippen LogP contribution in [0.15, 0.2) is 6.08 Å². The summed E-state index contributed by atoms with van der Waals surface area (Å²) in [5.41, 5.74) is 0.615. The van der Waals surface area contributed by atoms with Crippen molar-refractivity contribution in [3.8, 4) is 0 Å². The molecule has 0 aliphatic carbocycles. The highest BCUT2D eigenvalue weighted by Crippen LogP contribution is 2.39. The lowest BCUT2D eigenvalue weighted by Gasteiger charge is -2.36. The molecular weight excluding hydrogens is 164 g/mol. The molecule has 0 heterocycles. The van der Waals surface area contributed by atoms with Crippen molar-refractivity contribution in [2.24, 2.45) is 5.41 Å². The number of allylic oxidation sites excluding steroid dienone is 1. The maximum atomic E-state index is 10.4. The summed E-state index contributed by atoms with van der Waals surface area (Å²) in [5.74, 6) is 1.94. The van der Waals surface area contributed by atoms with Crippen LogP contribution in [0.3, 0.4) is 0 Å². The van der Waals surface area contributed by atoms with Crippen LogP contribution in [-0.2, 0) is 4.79 Å². The van der Waals surface area contributed by atoms with Gasteiger partial charge in [-0.1, -0.05) is 40.4 Å². The van der Waals surface area contributed by atoms with Crippen LogP contribution in [0, 0.1) is 5.41 Å². The van der Waals surface area contributed by atoms with Gasteiger partial charge in [0.1, 0.15) is 5.94 Å². The Hall–Kier alpha value is -0.333. The minimum atomic E-state index is -1.26. The zero-order valence-corrected chi connectivity index (χ0v) is 10.1. The quantitative estimate of drug-likeness (QED) is 0.476. The Balaban J connectivity index is 4.81.